The van der Waals surface area contributed by atoms with E-state index >= 15 is 0 Å². The molecule has 5 nitrogen and oxygen atoms in total. The summed E-state index contributed by atoms with van der Waals surface area (Å²) in [6, 6.07) is 5.26. The molecule has 0 bridgehead atoms. The maximum absolute atomic E-state index is 13.9. The predicted molar refractivity (Wildman–Crippen MR) is 104 cm³/mol. The zero-order chi connectivity index (χ0) is 19.7. The smallest absolute Gasteiger partial charge is 0.338 e. The van der Waals surface area contributed by atoms with Crippen LogP contribution in [0.4, 0.5) is 4.39 Å². The van der Waals surface area contributed by atoms with Gasteiger partial charge in [0.1, 0.15) is 5.82 Å². The fourth-order valence-electron chi connectivity index (χ4n) is 3.16. The van der Waals surface area contributed by atoms with E-state index in [9.17, 15) is 14.0 Å². The van der Waals surface area contributed by atoms with Crippen molar-refractivity contribution in [2.75, 3.05) is 6.61 Å². The fourth-order valence-corrected chi connectivity index (χ4v) is 4.30. The summed E-state index contributed by atoms with van der Waals surface area (Å²) in [5, 5.41) is 0.303. The number of nitrogens with zero attached hydrogens (tertiary/aromatic N) is 2. The van der Waals surface area contributed by atoms with Crippen LogP contribution >= 0.6 is 11.8 Å². The predicted octanol–water partition coefficient (Wildman–Crippen LogP) is 4.06. The van der Waals surface area contributed by atoms with Gasteiger partial charge in [-0.1, -0.05) is 44.7 Å². The Morgan fingerprint density at radius 3 is 2.78 bits per heavy atom. The normalized spacial score (nSPS) is 22.2. The van der Waals surface area contributed by atoms with Gasteiger partial charge in [-0.05, 0) is 37.0 Å². The van der Waals surface area contributed by atoms with E-state index in [2.05, 4.69) is 4.99 Å². The van der Waals surface area contributed by atoms with Gasteiger partial charge in [0, 0.05) is 0 Å². The largest absolute Gasteiger partial charge is 0.462 e. The van der Waals surface area contributed by atoms with Gasteiger partial charge in [-0.2, -0.15) is 0 Å². The molecule has 3 rings (SSSR count). The average molecular weight is 390 g/mol. The molecule has 1 aromatic carbocycles. The Labute approximate surface area is 162 Å². The summed E-state index contributed by atoms with van der Waals surface area (Å²) in [5.41, 5.74) is 1.32. The molecular weight excluding hydrogens is 367 g/mol. The molecule has 1 fully saturated rings. The third-order valence-corrected chi connectivity index (χ3v) is 5.77. The van der Waals surface area contributed by atoms with E-state index in [1.165, 1.54) is 28.8 Å². The standard InChI is InChI=1S/C20H23FN2O3S/c1-5-15-18(24)23-17(13-7-6-8-14(21)9-13)16(12(4)22-20(23)27-15)19(25)26-10-11(2)3/h6-9,11,15,17H,5,10H2,1-4H3. The van der Waals surface area contributed by atoms with Crippen molar-refractivity contribution in [3.63, 3.8) is 0 Å². The number of aliphatic imine (C=N–C) groups is 1. The summed E-state index contributed by atoms with van der Waals surface area (Å²) in [7, 11) is 0. The number of rotatable bonds is 5. The zero-order valence-corrected chi connectivity index (χ0v) is 16.7. The quantitative estimate of drug-likeness (QED) is 0.712. The highest BCUT2D eigenvalue weighted by atomic mass is 32.2. The first kappa shape index (κ1) is 19.6. The van der Waals surface area contributed by atoms with Crippen LogP contribution < -0.4 is 0 Å². The van der Waals surface area contributed by atoms with Crippen LogP contribution in [0.15, 0.2) is 40.5 Å². The number of amidine groups is 1. The molecule has 0 aliphatic carbocycles. The second-order valence-electron chi connectivity index (χ2n) is 7.07. The number of halogens is 1. The Morgan fingerprint density at radius 1 is 1.41 bits per heavy atom. The topological polar surface area (TPSA) is 59.0 Å². The van der Waals surface area contributed by atoms with E-state index in [1.807, 2.05) is 20.8 Å². The van der Waals surface area contributed by atoms with E-state index < -0.39 is 17.8 Å². The van der Waals surface area contributed by atoms with E-state index in [0.29, 0.717) is 22.8 Å². The van der Waals surface area contributed by atoms with Crippen molar-refractivity contribution in [2.24, 2.45) is 10.9 Å². The van der Waals surface area contributed by atoms with Crippen molar-refractivity contribution in [3.05, 3.63) is 46.9 Å². The summed E-state index contributed by atoms with van der Waals surface area (Å²) in [5.74, 6) is -0.873. The third-order valence-electron chi connectivity index (χ3n) is 4.45. The molecule has 2 atom stereocenters. The van der Waals surface area contributed by atoms with Crippen LogP contribution in [0.1, 0.15) is 45.7 Å². The molecule has 0 spiro atoms. The van der Waals surface area contributed by atoms with Gasteiger partial charge in [-0.25, -0.2) is 14.2 Å². The third kappa shape index (κ3) is 3.78. The van der Waals surface area contributed by atoms with Crippen LogP contribution in [0.2, 0.25) is 0 Å². The number of fused-ring (bicyclic) bond motifs is 1. The number of benzene rings is 1. The zero-order valence-electron chi connectivity index (χ0n) is 15.9. The first-order valence-electron chi connectivity index (χ1n) is 9.05. The van der Waals surface area contributed by atoms with Crippen molar-refractivity contribution >= 4 is 28.8 Å². The number of hydrogen-bond acceptors (Lipinski definition) is 5. The summed E-state index contributed by atoms with van der Waals surface area (Å²) in [6.07, 6.45) is 0.654. The Kier molecular flexibility index (Phi) is 5.69. The summed E-state index contributed by atoms with van der Waals surface area (Å²) in [6.45, 7) is 7.82. The van der Waals surface area contributed by atoms with Crippen LogP contribution in [0.3, 0.4) is 0 Å². The number of carbonyl (C=O) groups is 2. The highest BCUT2D eigenvalue weighted by Gasteiger charge is 2.47. The van der Waals surface area contributed by atoms with Crippen LogP contribution in [-0.4, -0.2) is 33.8 Å². The maximum Gasteiger partial charge on any atom is 0.338 e. The average Bonchev–Trinajstić information content (AvgIpc) is 2.93. The first-order chi connectivity index (χ1) is 12.8. The number of thioether (sulfide) groups is 1. The molecule has 2 heterocycles. The highest BCUT2D eigenvalue weighted by molar-refractivity contribution is 8.15. The van der Waals surface area contributed by atoms with Gasteiger partial charge < -0.3 is 4.74 Å². The van der Waals surface area contributed by atoms with Gasteiger partial charge in [0.25, 0.3) is 0 Å². The second-order valence-corrected chi connectivity index (χ2v) is 8.24. The van der Waals surface area contributed by atoms with Gasteiger partial charge in [-0.15, -0.1) is 0 Å². The Morgan fingerprint density at radius 2 is 2.15 bits per heavy atom. The monoisotopic (exact) mass is 390 g/mol. The van der Waals surface area contributed by atoms with Crippen molar-refractivity contribution in [2.45, 2.75) is 45.4 Å². The lowest BCUT2D eigenvalue weighted by atomic mass is 9.94. The number of hydrogen-bond donors (Lipinski definition) is 0. The van der Waals surface area contributed by atoms with Crippen LogP contribution in [0.25, 0.3) is 0 Å². The Hall–Kier alpha value is -2.15. The number of amides is 1. The fraction of sp³-hybridized carbons (Fsp3) is 0.450. The minimum Gasteiger partial charge on any atom is -0.462 e. The molecule has 0 saturated carbocycles. The first-order valence-corrected chi connectivity index (χ1v) is 9.93. The summed E-state index contributed by atoms with van der Waals surface area (Å²) in [4.78, 5) is 31.8. The van der Waals surface area contributed by atoms with E-state index in [1.54, 1.807) is 19.1 Å². The maximum atomic E-state index is 13.9. The lowest BCUT2D eigenvalue weighted by molar-refractivity contribution is -0.141. The SMILES string of the molecule is CCC1SC2=NC(C)=C(C(=O)OCC(C)C)C(c3cccc(F)c3)N2C1=O. The second kappa shape index (κ2) is 7.84. The van der Waals surface area contributed by atoms with Gasteiger partial charge in [0.05, 0.1) is 29.2 Å². The van der Waals surface area contributed by atoms with Crippen molar-refractivity contribution in [1.82, 2.24) is 4.90 Å². The van der Waals surface area contributed by atoms with E-state index in [-0.39, 0.29) is 29.3 Å². The molecule has 2 aliphatic rings. The molecular formula is C20H23FN2O3S. The molecule has 27 heavy (non-hydrogen) atoms. The van der Waals surface area contributed by atoms with Crippen molar-refractivity contribution in [3.8, 4) is 0 Å². The van der Waals surface area contributed by atoms with E-state index in [0.717, 1.165) is 0 Å². The number of esters is 1. The molecule has 1 amide bonds. The molecule has 2 aliphatic heterocycles. The highest BCUT2D eigenvalue weighted by Crippen LogP contribution is 2.44. The minimum atomic E-state index is -0.732. The van der Waals surface area contributed by atoms with Crippen molar-refractivity contribution in [1.29, 1.82) is 0 Å². The van der Waals surface area contributed by atoms with Gasteiger partial charge in [0.15, 0.2) is 5.17 Å². The summed E-state index contributed by atoms with van der Waals surface area (Å²) < 4.78 is 19.3. The number of allylic oxidation sites excluding steroid dienone is 1. The van der Waals surface area contributed by atoms with Gasteiger partial charge in [-0.3, -0.25) is 9.69 Å². The van der Waals surface area contributed by atoms with Gasteiger partial charge in [0.2, 0.25) is 5.91 Å². The number of carbonyl (C=O) groups excluding carboxylic acids is 2. The lowest BCUT2D eigenvalue weighted by Crippen LogP contribution is -2.41. The van der Waals surface area contributed by atoms with E-state index in [4.69, 9.17) is 4.74 Å². The molecule has 1 saturated heterocycles. The van der Waals surface area contributed by atoms with Crippen LogP contribution in [0.5, 0.6) is 0 Å². The molecule has 1 aromatic rings. The molecule has 144 valence electrons. The minimum absolute atomic E-state index is 0.114. The van der Waals surface area contributed by atoms with Crippen LogP contribution in [0, 0.1) is 11.7 Å². The molecule has 0 aromatic heterocycles. The molecule has 7 heteroatoms. The molecule has 2 unspecified atom stereocenters. The van der Waals surface area contributed by atoms with Gasteiger partial charge >= 0.3 is 5.97 Å². The van der Waals surface area contributed by atoms with Crippen molar-refractivity contribution < 1.29 is 18.7 Å². The Bertz CT molecular complexity index is 834. The summed E-state index contributed by atoms with van der Waals surface area (Å²) >= 11 is 1.39. The van der Waals surface area contributed by atoms with Crippen LogP contribution in [-0.2, 0) is 14.3 Å². The Balaban J connectivity index is 2.08. The molecule has 0 radical (unpaired) electrons. The molecule has 0 N–H and O–H groups in total. The number of ether oxygens (including phenoxy) is 1. The lowest BCUT2D eigenvalue weighted by Gasteiger charge is -2.33.